The molecule has 4 nitrogen and oxygen atoms in total. The summed E-state index contributed by atoms with van der Waals surface area (Å²) in [6.07, 6.45) is 2.96. The number of piperazine rings is 1. The van der Waals surface area contributed by atoms with Crippen LogP contribution in [0.4, 0.5) is 10.5 Å². The smallest absolute Gasteiger partial charge is 0.317 e. The average molecular weight is 366 g/mol. The lowest BCUT2D eigenvalue weighted by atomic mass is 10.0. The highest BCUT2D eigenvalue weighted by molar-refractivity contribution is 5.74. The molecule has 0 spiro atoms. The minimum absolute atomic E-state index is 0.0603. The van der Waals surface area contributed by atoms with E-state index in [1.54, 1.807) is 0 Å². The van der Waals surface area contributed by atoms with Crippen LogP contribution in [-0.2, 0) is 19.3 Å². The number of hydrogen-bond donors (Lipinski definition) is 1. The fraction of sp³-hybridized carbons (Fsp3) is 0.435. The Balaban J connectivity index is 1.52. The molecule has 0 aromatic heterocycles. The van der Waals surface area contributed by atoms with Gasteiger partial charge in [-0.1, -0.05) is 62.4 Å². The summed E-state index contributed by atoms with van der Waals surface area (Å²) in [5.41, 5.74) is 5.47. The van der Waals surface area contributed by atoms with Gasteiger partial charge in [-0.3, -0.25) is 0 Å². The molecule has 1 fully saturated rings. The number of aryl methyl sites for hydroxylation is 2. The fourth-order valence-electron chi connectivity index (χ4n) is 3.82. The molecule has 0 unspecified atom stereocenters. The zero-order chi connectivity index (χ0) is 19.1. The van der Waals surface area contributed by atoms with Gasteiger partial charge in [-0.05, 0) is 36.0 Å². The Bertz CT molecular complexity index is 714. The van der Waals surface area contributed by atoms with Crippen molar-refractivity contribution in [1.29, 1.82) is 0 Å². The Morgan fingerprint density at radius 1 is 0.889 bits per heavy atom. The molecule has 0 atom stereocenters. The number of para-hydroxylation sites is 1. The summed E-state index contributed by atoms with van der Waals surface area (Å²) in [6, 6.07) is 17.0. The Kier molecular flexibility index (Phi) is 6.74. The second kappa shape index (κ2) is 9.45. The van der Waals surface area contributed by atoms with Crippen LogP contribution >= 0.6 is 0 Å². The Morgan fingerprint density at radius 2 is 1.52 bits per heavy atom. The lowest BCUT2D eigenvalue weighted by molar-refractivity contribution is 0.194. The van der Waals surface area contributed by atoms with Gasteiger partial charge >= 0.3 is 6.03 Å². The van der Waals surface area contributed by atoms with Crippen LogP contribution in [0.25, 0.3) is 0 Å². The van der Waals surface area contributed by atoms with Crippen molar-refractivity contribution in [2.75, 3.05) is 37.6 Å². The standard InChI is InChI=1S/C23H31N3O/c1-3-20-11-8-12-21(4-2)22(20)25-15-17-26(18-16-25)23(27)24-14-13-19-9-6-5-7-10-19/h5-12H,3-4,13-18H2,1-2H3,(H,24,27). The van der Waals surface area contributed by atoms with Crippen molar-refractivity contribution in [2.24, 2.45) is 0 Å². The summed E-state index contributed by atoms with van der Waals surface area (Å²) < 4.78 is 0. The second-order valence-corrected chi connectivity index (χ2v) is 7.07. The van der Waals surface area contributed by atoms with E-state index in [4.69, 9.17) is 0 Å². The molecule has 4 heteroatoms. The van der Waals surface area contributed by atoms with Gasteiger partial charge in [0.05, 0.1) is 0 Å². The van der Waals surface area contributed by atoms with Crippen LogP contribution in [0, 0.1) is 0 Å². The lowest BCUT2D eigenvalue weighted by Crippen LogP contribution is -2.52. The molecule has 1 heterocycles. The molecule has 0 radical (unpaired) electrons. The monoisotopic (exact) mass is 365 g/mol. The molecule has 1 aliphatic heterocycles. The van der Waals surface area contributed by atoms with Gasteiger partial charge in [0.25, 0.3) is 0 Å². The summed E-state index contributed by atoms with van der Waals surface area (Å²) in [7, 11) is 0. The molecule has 3 rings (SSSR count). The number of hydrogen-bond acceptors (Lipinski definition) is 2. The van der Waals surface area contributed by atoms with Crippen molar-refractivity contribution in [3.05, 3.63) is 65.2 Å². The number of nitrogens with one attached hydrogen (secondary N) is 1. The van der Waals surface area contributed by atoms with Crippen LogP contribution in [0.2, 0.25) is 0 Å². The first-order chi connectivity index (χ1) is 13.2. The van der Waals surface area contributed by atoms with E-state index >= 15 is 0 Å². The van der Waals surface area contributed by atoms with E-state index in [0.717, 1.165) is 45.4 Å². The van der Waals surface area contributed by atoms with Crippen LogP contribution in [-0.4, -0.2) is 43.7 Å². The fourth-order valence-corrected chi connectivity index (χ4v) is 3.82. The van der Waals surface area contributed by atoms with Crippen LogP contribution in [0.5, 0.6) is 0 Å². The topological polar surface area (TPSA) is 35.6 Å². The molecular weight excluding hydrogens is 334 g/mol. The van der Waals surface area contributed by atoms with E-state index in [1.165, 1.54) is 22.4 Å². The van der Waals surface area contributed by atoms with E-state index in [2.05, 4.69) is 54.4 Å². The highest BCUT2D eigenvalue weighted by Gasteiger charge is 2.23. The zero-order valence-electron chi connectivity index (χ0n) is 16.6. The maximum atomic E-state index is 12.5. The molecule has 144 valence electrons. The number of rotatable bonds is 6. The van der Waals surface area contributed by atoms with Crippen LogP contribution < -0.4 is 10.2 Å². The molecule has 2 amide bonds. The maximum Gasteiger partial charge on any atom is 0.317 e. The van der Waals surface area contributed by atoms with Gasteiger partial charge < -0.3 is 15.1 Å². The molecule has 2 aromatic carbocycles. The zero-order valence-corrected chi connectivity index (χ0v) is 16.6. The van der Waals surface area contributed by atoms with Gasteiger partial charge in [-0.15, -0.1) is 0 Å². The first-order valence-corrected chi connectivity index (χ1v) is 10.1. The molecule has 2 aromatic rings. The van der Waals surface area contributed by atoms with Crippen molar-refractivity contribution < 1.29 is 4.79 Å². The molecule has 1 saturated heterocycles. The molecule has 1 aliphatic rings. The average Bonchev–Trinajstić information content (AvgIpc) is 2.74. The highest BCUT2D eigenvalue weighted by Crippen LogP contribution is 2.28. The summed E-state index contributed by atoms with van der Waals surface area (Å²) in [5.74, 6) is 0. The van der Waals surface area contributed by atoms with Crippen molar-refractivity contribution >= 4 is 11.7 Å². The molecule has 1 N–H and O–H groups in total. The maximum absolute atomic E-state index is 12.5. The predicted octanol–water partition coefficient (Wildman–Crippen LogP) is 3.89. The van der Waals surface area contributed by atoms with Gasteiger partial charge in [0.15, 0.2) is 0 Å². The molecule has 0 aliphatic carbocycles. The third-order valence-electron chi connectivity index (χ3n) is 5.38. The number of carbonyl (C=O) groups is 1. The van der Waals surface area contributed by atoms with Gasteiger partial charge in [0.2, 0.25) is 0 Å². The van der Waals surface area contributed by atoms with E-state index in [0.29, 0.717) is 6.54 Å². The number of amides is 2. The molecule has 0 bridgehead atoms. The van der Waals surface area contributed by atoms with Crippen molar-refractivity contribution in [3.8, 4) is 0 Å². The SMILES string of the molecule is CCc1cccc(CC)c1N1CCN(C(=O)NCCc2ccccc2)CC1. The summed E-state index contributed by atoms with van der Waals surface area (Å²) >= 11 is 0. The summed E-state index contributed by atoms with van der Waals surface area (Å²) in [6.45, 7) is 8.47. The number of nitrogens with zero attached hydrogens (tertiary/aromatic N) is 2. The summed E-state index contributed by atoms with van der Waals surface area (Å²) in [5, 5.41) is 3.07. The van der Waals surface area contributed by atoms with Crippen molar-refractivity contribution in [3.63, 3.8) is 0 Å². The quantitative estimate of drug-likeness (QED) is 0.843. The Labute approximate surface area is 163 Å². The van der Waals surface area contributed by atoms with E-state index in [1.807, 2.05) is 23.1 Å². The highest BCUT2D eigenvalue weighted by atomic mass is 16.2. The Hall–Kier alpha value is -2.49. The second-order valence-electron chi connectivity index (χ2n) is 7.07. The molecular formula is C23H31N3O. The third kappa shape index (κ3) is 4.82. The minimum atomic E-state index is 0.0603. The van der Waals surface area contributed by atoms with Gasteiger partial charge in [0.1, 0.15) is 0 Å². The number of anilines is 1. The van der Waals surface area contributed by atoms with Gasteiger partial charge in [0, 0.05) is 38.4 Å². The van der Waals surface area contributed by atoms with Crippen LogP contribution in [0.3, 0.4) is 0 Å². The van der Waals surface area contributed by atoms with E-state index < -0.39 is 0 Å². The number of benzene rings is 2. The largest absolute Gasteiger partial charge is 0.368 e. The summed E-state index contributed by atoms with van der Waals surface area (Å²) in [4.78, 5) is 16.9. The van der Waals surface area contributed by atoms with Gasteiger partial charge in [-0.2, -0.15) is 0 Å². The third-order valence-corrected chi connectivity index (χ3v) is 5.38. The first kappa shape index (κ1) is 19.3. The lowest BCUT2D eigenvalue weighted by Gasteiger charge is -2.38. The van der Waals surface area contributed by atoms with Crippen LogP contribution in [0.1, 0.15) is 30.5 Å². The van der Waals surface area contributed by atoms with Gasteiger partial charge in [-0.25, -0.2) is 4.79 Å². The predicted molar refractivity (Wildman–Crippen MR) is 113 cm³/mol. The number of urea groups is 1. The van der Waals surface area contributed by atoms with E-state index in [-0.39, 0.29) is 6.03 Å². The first-order valence-electron chi connectivity index (χ1n) is 10.1. The molecule has 27 heavy (non-hydrogen) atoms. The van der Waals surface area contributed by atoms with Crippen molar-refractivity contribution in [1.82, 2.24) is 10.2 Å². The molecule has 0 saturated carbocycles. The van der Waals surface area contributed by atoms with E-state index in [9.17, 15) is 4.79 Å². The van der Waals surface area contributed by atoms with Crippen LogP contribution in [0.15, 0.2) is 48.5 Å². The normalized spacial score (nSPS) is 14.3. The Morgan fingerprint density at radius 3 is 2.11 bits per heavy atom. The minimum Gasteiger partial charge on any atom is -0.368 e. The van der Waals surface area contributed by atoms with Crippen molar-refractivity contribution in [2.45, 2.75) is 33.1 Å². The number of carbonyl (C=O) groups excluding carboxylic acids is 1.